The Morgan fingerprint density at radius 1 is 1.11 bits per heavy atom. The number of piperazine rings is 1. The number of hydrogen-bond acceptors (Lipinski definition) is 6. The molecule has 1 saturated heterocycles. The molecule has 0 bridgehead atoms. The molecule has 0 atom stereocenters. The first-order chi connectivity index (χ1) is 13.6. The van der Waals surface area contributed by atoms with Gasteiger partial charge in [0.2, 0.25) is 0 Å². The summed E-state index contributed by atoms with van der Waals surface area (Å²) in [6, 6.07) is 6.26. The first-order valence-electron chi connectivity index (χ1n) is 9.51. The van der Waals surface area contributed by atoms with Gasteiger partial charge in [0.15, 0.2) is 5.65 Å². The minimum atomic E-state index is -0.252. The van der Waals surface area contributed by atoms with Crippen molar-refractivity contribution in [3.63, 3.8) is 0 Å². The van der Waals surface area contributed by atoms with Crippen LogP contribution in [0.2, 0.25) is 0 Å². The number of nitrogens with zero attached hydrogens (tertiary/aromatic N) is 6. The Labute approximate surface area is 163 Å². The van der Waals surface area contributed by atoms with E-state index in [2.05, 4.69) is 52.0 Å². The van der Waals surface area contributed by atoms with E-state index in [1.165, 1.54) is 11.1 Å². The van der Waals surface area contributed by atoms with Gasteiger partial charge < -0.3 is 14.5 Å². The lowest BCUT2D eigenvalue weighted by molar-refractivity contribution is 0.105. The third kappa shape index (κ3) is 3.26. The van der Waals surface area contributed by atoms with Crippen LogP contribution in [0.25, 0.3) is 16.7 Å². The van der Waals surface area contributed by atoms with Crippen LogP contribution in [0.3, 0.4) is 0 Å². The van der Waals surface area contributed by atoms with Crippen molar-refractivity contribution in [3.8, 4) is 5.69 Å². The summed E-state index contributed by atoms with van der Waals surface area (Å²) in [6.07, 6.45) is 3.14. The van der Waals surface area contributed by atoms with Crippen molar-refractivity contribution in [2.45, 2.75) is 20.8 Å². The van der Waals surface area contributed by atoms with Crippen LogP contribution in [0.1, 0.15) is 18.1 Å². The number of hydrogen-bond donors (Lipinski definition) is 0. The van der Waals surface area contributed by atoms with Crippen LogP contribution in [0.4, 0.5) is 10.6 Å². The molecule has 0 N–H and O–H groups in total. The molecule has 8 nitrogen and oxygen atoms in total. The van der Waals surface area contributed by atoms with Gasteiger partial charge in [-0.3, -0.25) is 0 Å². The molecule has 1 aliphatic heterocycles. The van der Waals surface area contributed by atoms with Crippen molar-refractivity contribution in [1.82, 2.24) is 24.6 Å². The predicted octanol–water partition coefficient (Wildman–Crippen LogP) is 2.71. The summed E-state index contributed by atoms with van der Waals surface area (Å²) in [6.45, 7) is 9.00. The normalized spacial score (nSPS) is 14.5. The average Bonchev–Trinajstić information content (AvgIpc) is 3.15. The van der Waals surface area contributed by atoms with Crippen LogP contribution in [-0.2, 0) is 4.74 Å². The fourth-order valence-electron chi connectivity index (χ4n) is 3.45. The Bertz CT molecular complexity index is 1010. The third-order valence-electron chi connectivity index (χ3n) is 5.19. The molecule has 3 aromatic rings. The number of aryl methyl sites for hydroxylation is 2. The number of rotatable bonds is 3. The van der Waals surface area contributed by atoms with Crippen molar-refractivity contribution < 1.29 is 9.53 Å². The van der Waals surface area contributed by atoms with E-state index >= 15 is 0 Å². The van der Waals surface area contributed by atoms with Gasteiger partial charge in [0.25, 0.3) is 0 Å². The van der Waals surface area contributed by atoms with Gasteiger partial charge in [-0.2, -0.15) is 5.10 Å². The number of carbonyl (C=O) groups excluding carboxylic acids is 1. The number of benzene rings is 1. The first-order valence-corrected chi connectivity index (χ1v) is 9.51. The van der Waals surface area contributed by atoms with E-state index in [4.69, 9.17) is 4.74 Å². The quantitative estimate of drug-likeness (QED) is 0.695. The molecule has 4 rings (SSSR count). The van der Waals surface area contributed by atoms with Gasteiger partial charge in [0, 0.05) is 26.2 Å². The third-order valence-corrected chi connectivity index (χ3v) is 5.19. The molecule has 2 aromatic heterocycles. The van der Waals surface area contributed by atoms with Gasteiger partial charge >= 0.3 is 6.09 Å². The number of ether oxygens (including phenoxy) is 1. The highest BCUT2D eigenvalue weighted by Crippen LogP contribution is 2.26. The van der Waals surface area contributed by atoms with Gasteiger partial charge in [-0.15, -0.1) is 0 Å². The molecule has 1 fully saturated rings. The van der Waals surface area contributed by atoms with Crippen LogP contribution in [0.15, 0.2) is 30.7 Å². The highest BCUT2D eigenvalue weighted by Gasteiger charge is 2.24. The van der Waals surface area contributed by atoms with E-state index in [-0.39, 0.29) is 6.09 Å². The number of carbonyl (C=O) groups is 1. The smallest absolute Gasteiger partial charge is 0.409 e. The SMILES string of the molecule is CCOC(=O)N1CCN(c2ncnc3c2cnn3-c2ccc(C)c(C)c2)CC1. The zero-order valence-electron chi connectivity index (χ0n) is 16.4. The lowest BCUT2D eigenvalue weighted by Crippen LogP contribution is -2.49. The molecule has 0 spiro atoms. The molecular weight excluding hydrogens is 356 g/mol. The van der Waals surface area contributed by atoms with E-state index in [0.29, 0.717) is 32.8 Å². The van der Waals surface area contributed by atoms with E-state index in [1.54, 1.807) is 11.2 Å². The van der Waals surface area contributed by atoms with Crippen LogP contribution in [0.5, 0.6) is 0 Å². The molecule has 3 heterocycles. The molecule has 0 saturated carbocycles. The maximum atomic E-state index is 11.9. The second-order valence-corrected chi connectivity index (χ2v) is 6.93. The van der Waals surface area contributed by atoms with E-state index in [1.807, 2.05) is 17.8 Å². The van der Waals surface area contributed by atoms with Crippen LogP contribution in [0, 0.1) is 13.8 Å². The maximum Gasteiger partial charge on any atom is 0.409 e. The number of anilines is 1. The number of aromatic nitrogens is 4. The Hall–Kier alpha value is -3.16. The lowest BCUT2D eigenvalue weighted by atomic mass is 10.1. The molecule has 0 aliphatic carbocycles. The highest BCUT2D eigenvalue weighted by atomic mass is 16.6. The van der Waals surface area contributed by atoms with Crippen molar-refractivity contribution in [1.29, 1.82) is 0 Å². The van der Waals surface area contributed by atoms with Crippen molar-refractivity contribution in [3.05, 3.63) is 41.9 Å². The molecular formula is C20H24N6O2. The first kappa shape index (κ1) is 18.2. The van der Waals surface area contributed by atoms with Gasteiger partial charge in [-0.25, -0.2) is 19.4 Å². The second kappa shape index (κ2) is 7.46. The summed E-state index contributed by atoms with van der Waals surface area (Å²) >= 11 is 0. The molecule has 0 unspecified atom stereocenters. The predicted molar refractivity (Wildman–Crippen MR) is 107 cm³/mol. The zero-order valence-corrected chi connectivity index (χ0v) is 16.4. The average molecular weight is 380 g/mol. The van der Waals surface area contributed by atoms with Gasteiger partial charge in [0.05, 0.1) is 23.9 Å². The van der Waals surface area contributed by atoms with Crippen LogP contribution >= 0.6 is 0 Å². The highest BCUT2D eigenvalue weighted by molar-refractivity contribution is 5.87. The Balaban J connectivity index is 1.61. The fourth-order valence-corrected chi connectivity index (χ4v) is 3.45. The Morgan fingerprint density at radius 3 is 2.61 bits per heavy atom. The Morgan fingerprint density at radius 2 is 1.89 bits per heavy atom. The standard InChI is InChI=1S/C20H24N6O2/c1-4-28-20(27)25-9-7-24(8-10-25)18-17-12-23-26(19(17)22-13-21-18)16-6-5-14(2)15(3)11-16/h5-6,11-13H,4,7-10H2,1-3H3. The largest absolute Gasteiger partial charge is 0.450 e. The molecule has 1 amide bonds. The summed E-state index contributed by atoms with van der Waals surface area (Å²) in [4.78, 5) is 24.8. The molecule has 0 radical (unpaired) electrons. The Kier molecular flexibility index (Phi) is 4.85. The van der Waals surface area contributed by atoms with E-state index < -0.39 is 0 Å². The van der Waals surface area contributed by atoms with E-state index in [9.17, 15) is 4.79 Å². The summed E-state index contributed by atoms with van der Waals surface area (Å²) in [5.41, 5.74) is 4.22. The lowest BCUT2D eigenvalue weighted by Gasteiger charge is -2.34. The summed E-state index contributed by atoms with van der Waals surface area (Å²) in [7, 11) is 0. The topological polar surface area (TPSA) is 76.4 Å². The van der Waals surface area contributed by atoms with Crippen LogP contribution < -0.4 is 4.90 Å². The molecule has 8 heteroatoms. The maximum absolute atomic E-state index is 11.9. The molecule has 146 valence electrons. The van der Waals surface area contributed by atoms with Gasteiger partial charge in [0.1, 0.15) is 12.1 Å². The zero-order chi connectivity index (χ0) is 19.7. The van der Waals surface area contributed by atoms with Gasteiger partial charge in [-0.1, -0.05) is 6.07 Å². The molecule has 1 aliphatic rings. The van der Waals surface area contributed by atoms with Crippen molar-refractivity contribution in [2.75, 3.05) is 37.7 Å². The molecule has 1 aromatic carbocycles. The van der Waals surface area contributed by atoms with Crippen molar-refractivity contribution >= 4 is 22.9 Å². The monoisotopic (exact) mass is 380 g/mol. The van der Waals surface area contributed by atoms with Crippen LogP contribution in [-0.4, -0.2) is 63.5 Å². The second-order valence-electron chi connectivity index (χ2n) is 6.93. The van der Waals surface area contributed by atoms with E-state index in [0.717, 1.165) is 22.5 Å². The number of amides is 1. The summed E-state index contributed by atoms with van der Waals surface area (Å²) in [5.74, 6) is 0.851. The van der Waals surface area contributed by atoms with Crippen molar-refractivity contribution in [2.24, 2.45) is 0 Å². The summed E-state index contributed by atoms with van der Waals surface area (Å²) in [5, 5.41) is 5.47. The minimum Gasteiger partial charge on any atom is -0.450 e. The molecule has 28 heavy (non-hydrogen) atoms. The summed E-state index contributed by atoms with van der Waals surface area (Å²) < 4.78 is 6.94. The van der Waals surface area contributed by atoms with Gasteiger partial charge in [-0.05, 0) is 44.0 Å². The fraction of sp³-hybridized carbons (Fsp3) is 0.400. The minimum absolute atomic E-state index is 0.252. The number of fused-ring (bicyclic) bond motifs is 1.